The molecule has 4 rings (SSSR count). The van der Waals surface area contributed by atoms with E-state index in [4.69, 9.17) is 0 Å². The molecule has 0 aliphatic heterocycles. The predicted octanol–water partition coefficient (Wildman–Crippen LogP) is 6.73. The Balaban J connectivity index is 1.61. The van der Waals surface area contributed by atoms with E-state index in [1.54, 1.807) is 6.07 Å². The minimum absolute atomic E-state index is 0.0138. The van der Waals surface area contributed by atoms with Gasteiger partial charge in [-0.05, 0) is 109 Å². The third-order valence-electron chi connectivity index (χ3n) is 9.34. The summed E-state index contributed by atoms with van der Waals surface area (Å²) in [5.41, 5.74) is 3.93. The van der Waals surface area contributed by atoms with E-state index in [-0.39, 0.29) is 24.2 Å². The average molecular weight is 530 g/mol. The quantitative estimate of drug-likeness (QED) is 0.188. The molecule has 2 fully saturated rings. The van der Waals surface area contributed by atoms with Gasteiger partial charge in [-0.25, -0.2) is 0 Å². The van der Waals surface area contributed by atoms with Crippen molar-refractivity contribution in [2.45, 2.75) is 102 Å². The van der Waals surface area contributed by atoms with E-state index in [1.807, 2.05) is 6.07 Å². The maximum absolute atomic E-state index is 12.6. The summed E-state index contributed by atoms with van der Waals surface area (Å²) in [4.78, 5) is 0. The van der Waals surface area contributed by atoms with Crippen LogP contribution in [-0.2, 0) is 23.1 Å². The molecule has 1 aromatic carbocycles. The van der Waals surface area contributed by atoms with Gasteiger partial charge in [-0.3, -0.25) is 9.27 Å². The molecule has 3 N–H and O–H groups in total. The molecule has 0 amide bonds. The molecule has 0 aromatic heterocycles. The molecule has 5 nitrogen and oxygen atoms in total. The summed E-state index contributed by atoms with van der Waals surface area (Å²) < 4.78 is 72.4. The number of fused-ring (bicyclic) bond motifs is 5. The highest BCUT2D eigenvalue weighted by atomic mass is 32.2. The SMILES string of the molecule is C=C[C@@]12CCc3cc(NS(=O)(=O)O)cc(CCCCCC(O)C(F)(F)F)c3[C@H]1CC[C@]1(C)CCC[C@H]12. The molecule has 0 spiro atoms. The smallest absolute Gasteiger partial charge is 0.384 e. The molecule has 36 heavy (non-hydrogen) atoms. The van der Waals surface area contributed by atoms with Crippen LogP contribution in [-0.4, -0.2) is 30.4 Å². The molecular formula is C27H38F3NO4S. The van der Waals surface area contributed by atoms with E-state index in [0.29, 0.717) is 36.3 Å². The Morgan fingerprint density at radius 2 is 1.94 bits per heavy atom. The van der Waals surface area contributed by atoms with Gasteiger partial charge in [0.2, 0.25) is 0 Å². The Morgan fingerprint density at radius 3 is 2.61 bits per heavy atom. The summed E-state index contributed by atoms with van der Waals surface area (Å²) >= 11 is 0. The first-order valence-electron chi connectivity index (χ1n) is 13.1. The number of aryl methyl sites for hydroxylation is 2. The number of aliphatic hydroxyl groups excluding tert-OH is 1. The molecule has 1 unspecified atom stereocenters. The number of alkyl halides is 3. The number of halogens is 3. The van der Waals surface area contributed by atoms with Gasteiger partial charge in [-0.2, -0.15) is 21.6 Å². The van der Waals surface area contributed by atoms with Crippen molar-refractivity contribution >= 4 is 16.0 Å². The van der Waals surface area contributed by atoms with Gasteiger partial charge in [0.05, 0.1) is 5.69 Å². The highest BCUT2D eigenvalue weighted by Crippen LogP contribution is 2.67. The molecule has 0 radical (unpaired) electrons. The van der Waals surface area contributed by atoms with Crippen LogP contribution in [0.4, 0.5) is 18.9 Å². The Labute approximate surface area is 212 Å². The molecular weight excluding hydrogens is 491 g/mol. The largest absolute Gasteiger partial charge is 0.414 e. The highest BCUT2D eigenvalue weighted by molar-refractivity contribution is 7.87. The topological polar surface area (TPSA) is 86.6 Å². The second kappa shape index (κ2) is 9.95. The fraction of sp³-hybridized carbons (Fsp3) is 0.704. The van der Waals surface area contributed by atoms with Crippen LogP contribution in [0.15, 0.2) is 24.8 Å². The monoisotopic (exact) mass is 529 g/mol. The van der Waals surface area contributed by atoms with Crippen molar-refractivity contribution in [1.29, 1.82) is 0 Å². The van der Waals surface area contributed by atoms with E-state index < -0.39 is 22.6 Å². The second-order valence-electron chi connectivity index (χ2n) is 11.4. The lowest BCUT2D eigenvalue weighted by molar-refractivity contribution is -0.205. The average Bonchev–Trinajstić information content (AvgIpc) is 3.18. The molecule has 2 saturated carbocycles. The molecule has 1 aromatic rings. The van der Waals surface area contributed by atoms with Crippen LogP contribution in [0.2, 0.25) is 0 Å². The first-order valence-corrected chi connectivity index (χ1v) is 14.5. The van der Waals surface area contributed by atoms with Gasteiger partial charge in [0.15, 0.2) is 0 Å². The summed E-state index contributed by atoms with van der Waals surface area (Å²) in [6, 6.07) is 3.60. The predicted molar refractivity (Wildman–Crippen MR) is 134 cm³/mol. The number of anilines is 1. The Hall–Kier alpha value is -1.58. The third-order valence-corrected chi connectivity index (χ3v) is 9.83. The lowest BCUT2D eigenvalue weighted by atomic mass is 9.47. The third kappa shape index (κ3) is 5.34. The summed E-state index contributed by atoms with van der Waals surface area (Å²) in [5, 5.41) is 9.26. The van der Waals surface area contributed by atoms with E-state index in [2.05, 4.69) is 24.3 Å². The number of rotatable bonds is 9. The summed E-state index contributed by atoms with van der Waals surface area (Å²) in [5.74, 6) is 0.832. The lowest BCUT2D eigenvalue weighted by Gasteiger charge is -2.57. The van der Waals surface area contributed by atoms with E-state index in [9.17, 15) is 31.2 Å². The van der Waals surface area contributed by atoms with Crippen LogP contribution in [0.25, 0.3) is 0 Å². The standard InChI is InChI=1S/C27H38F3NO4S/c1-3-26-15-11-19-17-20(31-36(33,34)35)16-18(8-5-4-6-10-23(32)27(28,29)30)24(19)21(26)12-14-25(2)13-7-9-22(25)26/h3,16-17,21-23,31-32H,1,4-15H2,2H3,(H,33,34,35)/t21-,22-,23?,25+,26-/m1/s1. The molecule has 3 aliphatic carbocycles. The maximum Gasteiger partial charge on any atom is 0.414 e. The van der Waals surface area contributed by atoms with Crippen molar-refractivity contribution < 1.29 is 31.2 Å². The summed E-state index contributed by atoms with van der Waals surface area (Å²) in [7, 11) is -4.43. The van der Waals surface area contributed by atoms with Crippen molar-refractivity contribution in [3.05, 3.63) is 41.5 Å². The van der Waals surface area contributed by atoms with Gasteiger partial charge in [-0.15, -0.1) is 6.58 Å². The Bertz CT molecular complexity index is 1090. The number of unbranched alkanes of at least 4 members (excludes halogenated alkanes) is 2. The van der Waals surface area contributed by atoms with E-state index in [0.717, 1.165) is 36.8 Å². The number of hydrogen-bond acceptors (Lipinski definition) is 3. The molecule has 0 saturated heterocycles. The van der Waals surface area contributed by atoms with Crippen molar-refractivity contribution in [1.82, 2.24) is 0 Å². The zero-order chi connectivity index (χ0) is 26.4. The van der Waals surface area contributed by atoms with Crippen LogP contribution < -0.4 is 4.72 Å². The molecule has 5 atom stereocenters. The van der Waals surface area contributed by atoms with Gasteiger partial charge < -0.3 is 5.11 Å². The van der Waals surface area contributed by atoms with Crippen molar-refractivity contribution in [2.75, 3.05) is 4.72 Å². The minimum atomic E-state index is -4.60. The van der Waals surface area contributed by atoms with Crippen molar-refractivity contribution in [2.24, 2.45) is 16.7 Å². The number of hydrogen-bond donors (Lipinski definition) is 3. The minimum Gasteiger partial charge on any atom is -0.384 e. The number of aliphatic hydroxyl groups is 1. The maximum atomic E-state index is 12.6. The van der Waals surface area contributed by atoms with Crippen LogP contribution in [0, 0.1) is 16.7 Å². The lowest BCUT2D eigenvalue weighted by Crippen LogP contribution is -2.48. The molecule has 3 aliphatic rings. The van der Waals surface area contributed by atoms with Gasteiger partial charge >= 0.3 is 16.5 Å². The van der Waals surface area contributed by atoms with Gasteiger partial charge in [0.1, 0.15) is 6.10 Å². The Morgan fingerprint density at radius 1 is 1.19 bits per heavy atom. The molecule has 9 heteroatoms. The van der Waals surface area contributed by atoms with Crippen LogP contribution in [0.1, 0.15) is 93.7 Å². The van der Waals surface area contributed by atoms with Crippen LogP contribution in [0.3, 0.4) is 0 Å². The number of nitrogens with one attached hydrogen (secondary N) is 1. The van der Waals surface area contributed by atoms with Gasteiger partial charge in [-0.1, -0.05) is 32.3 Å². The number of benzene rings is 1. The Kier molecular flexibility index (Phi) is 7.59. The van der Waals surface area contributed by atoms with Gasteiger partial charge in [0, 0.05) is 0 Å². The normalized spacial score (nSPS) is 30.7. The zero-order valence-electron chi connectivity index (χ0n) is 20.9. The van der Waals surface area contributed by atoms with Crippen LogP contribution in [0.5, 0.6) is 0 Å². The second-order valence-corrected chi connectivity index (χ2v) is 12.6. The fourth-order valence-corrected chi connectivity index (χ4v) is 8.19. The zero-order valence-corrected chi connectivity index (χ0v) is 21.7. The first-order chi connectivity index (χ1) is 16.8. The fourth-order valence-electron chi connectivity index (χ4n) is 7.78. The van der Waals surface area contributed by atoms with Crippen molar-refractivity contribution in [3.63, 3.8) is 0 Å². The molecule has 202 valence electrons. The molecule has 0 bridgehead atoms. The van der Waals surface area contributed by atoms with Crippen LogP contribution >= 0.6 is 0 Å². The van der Waals surface area contributed by atoms with E-state index >= 15 is 0 Å². The van der Waals surface area contributed by atoms with Crippen molar-refractivity contribution in [3.8, 4) is 0 Å². The highest BCUT2D eigenvalue weighted by Gasteiger charge is 2.58. The number of allylic oxidation sites excluding steroid dienone is 1. The first kappa shape index (κ1) is 27.5. The summed E-state index contributed by atoms with van der Waals surface area (Å²) in [6.45, 7) is 6.72. The van der Waals surface area contributed by atoms with Gasteiger partial charge in [0.25, 0.3) is 0 Å². The molecule has 0 heterocycles. The van der Waals surface area contributed by atoms with E-state index in [1.165, 1.54) is 24.8 Å². The summed E-state index contributed by atoms with van der Waals surface area (Å²) in [6.07, 6.45) is 4.52.